The lowest BCUT2D eigenvalue weighted by molar-refractivity contribution is -0.162. The average molecular weight is 364 g/mol. The van der Waals surface area contributed by atoms with Crippen molar-refractivity contribution in [3.8, 4) is 0 Å². The second-order valence-electron chi connectivity index (χ2n) is 9.43. The number of rotatable bonds is 1. The molecule has 0 aromatic rings. The normalized spacial score (nSPS) is 42.9. The molecular formula is C24H28O3. The van der Waals surface area contributed by atoms with Crippen LogP contribution in [0.4, 0.5) is 0 Å². The van der Waals surface area contributed by atoms with Crippen LogP contribution in [0, 0.1) is 23.2 Å². The fourth-order valence-electron chi connectivity index (χ4n) is 7.30. The summed E-state index contributed by atoms with van der Waals surface area (Å²) in [6.07, 6.45) is 12.3. The van der Waals surface area contributed by atoms with Crippen LogP contribution in [-0.4, -0.2) is 17.4 Å². The first-order chi connectivity index (χ1) is 13.0. The van der Waals surface area contributed by atoms with Gasteiger partial charge in [0.25, 0.3) is 0 Å². The SMILES string of the molecule is C=C=C[C@H]1C[C@@]2(C)[C@@H](CC[C@@]23CCC(=O)O3)[C@@H]2CCC3=CC(=O)CCC3=C21. The second kappa shape index (κ2) is 5.82. The molecule has 3 fully saturated rings. The lowest BCUT2D eigenvalue weighted by atomic mass is 9.51. The topological polar surface area (TPSA) is 43.4 Å². The number of fused-ring (bicyclic) bond motifs is 5. The standard InChI is InChI=1S/C24H28O3/c1-3-4-16-14-23(2)20(9-11-24(23)12-10-21(26)27-24)19-7-5-15-13-17(25)6-8-18(15)22(16)19/h4,13,16,19-20H,1,5-12,14H2,2H3/t16-,19-,20-,23-,24+/m0/s1. The fraction of sp³-hybridized carbons (Fsp3) is 0.625. The Morgan fingerprint density at radius 2 is 2.04 bits per heavy atom. The van der Waals surface area contributed by atoms with Gasteiger partial charge in [0.15, 0.2) is 5.78 Å². The number of hydrogen-bond donors (Lipinski definition) is 0. The summed E-state index contributed by atoms with van der Waals surface area (Å²) in [6, 6.07) is 0. The molecule has 0 aromatic heterocycles. The van der Waals surface area contributed by atoms with Gasteiger partial charge in [0.2, 0.25) is 0 Å². The van der Waals surface area contributed by atoms with Crippen molar-refractivity contribution in [2.75, 3.05) is 0 Å². The fourth-order valence-corrected chi connectivity index (χ4v) is 7.30. The van der Waals surface area contributed by atoms with Gasteiger partial charge in [-0.15, -0.1) is 5.73 Å². The molecular weight excluding hydrogens is 336 g/mol. The zero-order valence-electron chi connectivity index (χ0n) is 16.2. The van der Waals surface area contributed by atoms with Crippen LogP contribution < -0.4 is 0 Å². The summed E-state index contributed by atoms with van der Waals surface area (Å²) in [6.45, 7) is 6.24. The molecule has 1 saturated heterocycles. The van der Waals surface area contributed by atoms with Crippen LogP contribution in [-0.2, 0) is 14.3 Å². The first kappa shape index (κ1) is 17.3. The van der Waals surface area contributed by atoms with E-state index in [2.05, 4.69) is 25.3 Å². The maximum atomic E-state index is 12.0. The average Bonchev–Trinajstić information content (AvgIpc) is 3.15. The Labute approximate surface area is 161 Å². The van der Waals surface area contributed by atoms with Gasteiger partial charge in [0.05, 0.1) is 0 Å². The van der Waals surface area contributed by atoms with Crippen molar-refractivity contribution in [1.29, 1.82) is 0 Å². The maximum absolute atomic E-state index is 12.0. The highest BCUT2D eigenvalue weighted by Crippen LogP contribution is 2.68. The van der Waals surface area contributed by atoms with E-state index in [1.54, 1.807) is 5.57 Å². The smallest absolute Gasteiger partial charge is 0.306 e. The van der Waals surface area contributed by atoms with Crippen molar-refractivity contribution in [3.05, 3.63) is 41.2 Å². The van der Waals surface area contributed by atoms with Crippen LogP contribution in [0.15, 0.2) is 41.2 Å². The molecule has 0 amide bonds. The zero-order valence-corrected chi connectivity index (χ0v) is 16.2. The van der Waals surface area contributed by atoms with Gasteiger partial charge < -0.3 is 4.74 Å². The van der Waals surface area contributed by atoms with Gasteiger partial charge in [0, 0.05) is 24.2 Å². The molecule has 5 atom stereocenters. The molecule has 0 bridgehead atoms. The quantitative estimate of drug-likeness (QED) is 0.494. The summed E-state index contributed by atoms with van der Waals surface area (Å²) in [4.78, 5) is 24.0. The highest BCUT2D eigenvalue weighted by molar-refractivity contribution is 5.93. The molecule has 4 aliphatic carbocycles. The van der Waals surface area contributed by atoms with E-state index >= 15 is 0 Å². The third-order valence-electron chi connectivity index (χ3n) is 8.43. The largest absolute Gasteiger partial charge is 0.458 e. The van der Waals surface area contributed by atoms with Crippen LogP contribution in [0.1, 0.15) is 64.7 Å². The third kappa shape index (κ3) is 2.27. The zero-order chi connectivity index (χ0) is 18.8. The van der Waals surface area contributed by atoms with Crippen molar-refractivity contribution < 1.29 is 14.3 Å². The van der Waals surface area contributed by atoms with E-state index in [0.717, 1.165) is 44.9 Å². The minimum atomic E-state index is -0.267. The van der Waals surface area contributed by atoms with Crippen LogP contribution in [0.3, 0.4) is 0 Å². The van der Waals surface area contributed by atoms with Gasteiger partial charge >= 0.3 is 5.97 Å². The first-order valence-electron chi connectivity index (χ1n) is 10.5. The molecule has 27 heavy (non-hydrogen) atoms. The maximum Gasteiger partial charge on any atom is 0.306 e. The molecule has 3 heteroatoms. The molecule has 0 aromatic carbocycles. The minimum absolute atomic E-state index is 0.0171. The Hall–Kier alpha value is -1.86. The Bertz CT molecular complexity index is 840. The lowest BCUT2D eigenvalue weighted by Gasteiger charge is -2.54. The number of hydrogen-bond acceptors (Lipinski definition) is 3. The van der Waals surface area contributed by atoms with Crippen molar-refractivity contribution in [2.45, 2.75) is 70.3 Å². The molecule has 5 rings (SSSR count). The number of carbonyl (C=O) groups excluding carboxylic acids is 2. The van der Waals surface area contributed by atoms with Crippen molar-refractivity contribution in [3.63, 3.8) is 0 Å². The molecule has 5 aliphatic rings. The molecule has 1 aliphatic heterocycles. The highest BCUT2D eigenvalue weighted by Gasteiger charge is 2.66. The summed E-state index contributed by atoms with van der Waals surface area (Å²) in [5.41, 5.74) is 7.10. The van der Waals surface area contributed by atoms with Gasteiger partial charge in [-0.05, 0) is 80.1 Å². The van der Waals surface area contributed by atoms with E-state index in [1.165, 1.54) is 11.1 Å². The first-order valence-corrected chi connectivity index (χ1v) is 10.5. The number of ether oxygens (including phenoxy) is 1. The van der Waals surface area contributed by atoms with E-state index < -0.39 is 0 Å². The summed E-state index contributed by atoms with van der Waals surface area (Å²) in [5, 5.41) is 0. The van der Waals surface area contributed by atoms with Gasteiger partial charge in [-0.1, -0.05) is 19.1 Å². The van der Waals surface area contributed by atoms with Gasteiger partial charge in [-0.2, -0.15) is 0 Å². The molecule has 1 spiro atoms. The molecule has 0 unspecified atom stereocenters. The van der Waals surface area contributed by atoms with Crippen LogP contribution in [0.5, 0.6) is 0 Å². The predicted molar refractivity (Wildman–Crippen MR) is 103 cm³/mol. The summed E-state index contributed by atoms with van der Waals surface area (Å²) in [5.74, 6) is 1.67. The van der Waals surface area contributed by atoms with Crippen molar-refractivity contribution >= 4 is 11.8 Å². The Balaban J connectivity index is 1.63. The van der Waals surface area contributed by atoms with E-state index in [-0.39, 0.29) is 22.8 Å². The molecule has 2 saturated carbocycles. The van der Waals surface area contributed by atoms with E-state index in [4.69, 9.17) is 4.74 Å². The number of esters is 1. The van der Waals surface area contributed by atoms with Gasteiger partial charge in [0.1, 0.15) is 5.60 Å². The molecule has 0 radical (unpaired) electrons. The molecule has 0 N–H and O–H groups in total. The van der Waals surface area contributed by atoms with E-state index in [1.807, 2.05) is 6.08 Å². The summed E-state index contributed by atoms with van der Waals surface area (Å²) < 4.78 is 6.05. The Morgan fingerprint density at radius 1 is 1.19 bits per heavy atom. The summed E-state index contributed by atoms with van der Waals surface area (Å²) in [7, 11) is 0. The number of carbonyl (C=O) groups is 2. The van der Waals surface area contributed by atoms with Crippen LogP contribution >= 0.6 is 0 Å². The van der Waals surface area contributed by atoms with Crippen molar-refractivity contribution in [1.82, 2.24) is 0 Å². The Morgan fingerprint density at radius 3 is 2.78 bits per heavy atom. The monoisotopic (exact) mass is 364 g/mol. The van der Waals surface area contributed by atoms with E-state index in [0.29, 0.717) is 30.6 Å². The molecule has 1 heterocycles. The predicted octanol–water partition coefficient (Wildman–Crippen LogP) is 4.84. The highest BCUT2D eigenvalue weighted by atomic mass is 16.6. The molecule has 3 nitrogen and oxygen atoms in total. The van der Waals surface area contributed by atoms with Crippen LogP contribution in [0.2, 0.25) is 0 Å². The van der Waals surface area contributed by atoms with Crippen molar-refractivity contribution in [2.24, 2.45) is 23.2 Å². The second-order valence-corrected chi connectivity index (χ2v) is 9.43. The summed E-state index contributed by atoms with van der Waals surface area (Å²) >= 11 is 0. The minimum Gasteiger partial charge on any atom is -0.458 e. The molecule has 142 valence electrons. The number of allylic oxidation sites excluding steroid dienone is 5. The Kier molecular flexibility index (Phi) is 3.72. The third-order valence-corrected chi connectivity index (χ3v) is 8.43. The van der Waals surface area contributed by atoms with E-state index in [9.17, 15) is 9.59 Å². The lowest BCUT2D eigenvalue weighted by Crippen LogP contribution is -2.51. The van der Waals surface area contributed by atoms with Gasteiger partial charge in [-0.25, -0.2) is 0 Å². The number of ketones is 1. The van der Waals surface area contributed by atoms with Crippen LogP contribution in [0.25, 0.3) is 0 Å². The van der Waals surface area contributed by atoms with Gasteiger partial charge in [-0.3, -0.25) is 9.59 Å².